The lowest BCUT2D eigenvalue weighted by molar-refractivity contribution is -0.123. The summed E-state index contributed by atoms with van der Waals surface area (Å²) in [5.74, 6) is 3.22. The van der Waals surface area contributed by atoms with Crippen molar-refractivity contribution in [1.82, 2.24) is 15.5 Å². The number of amides is 1. The van der Waals surface area contributed by atoms with E-state index in [9.17, 15) is 4.79 Å². The van der Waals surface area contributed by atoms with E-state index >= 15 is 0 Å². The fraction of sp³-hybridized carbons (Fsp3) is 0.652. The van der Waals surface area contributed by atoms with Gasteiger partial charge >= 0.3 is 0 Å². The maximum absolute atomic E-state index is 11.8. The lowest BCUT2D eigenvalue weighted by Gasteiger charge is -2.24. The Labute approximate surface area is 175 Å². The summed E-state index contributed by atoms with van der Waals surface area (Å²) < 4.78 is 5.65. The number of benzene rings is 1. The van der Waals surface area contributed by atoms with Crippen LogP contribution in [0.25, 0.3) is 0 Å². The van der Waals surface area contributed by atoms with Crippen molar-refractivity contribution in [3.05, 3.63) is 29.8 Å². The molecule has 1 atom stereocenters. The van der Waals surface area contributed by atoms with E-state index in [1.807, 2.05) is 25.2 Å². The molecule has 29 heavy (non-hydrogen) atoms. The summed E-state index contributed by atoms with van der Waals surface area (Å²) in [6.07, 6.45) is 5.94. The first-order valence-electron chi connectivity index (χ1n) is 11.1. The molecule has 160 valence electrons. The second kappa shape index (κ2) is 10.5. The highest BCUT2D eigenvalue weighted by molar-refractivity contribution is 5.80. The van der Waals surface area contributed by atoms with E-state index in [1.54, 1.807) is 0 Å². The minimum Gasteiger partial charge on any atom is -0.484 e. The van der Waals surface area contributed by atoms with Crippen LogP contribution < -0.4 is 15.4 Å². The van der Waals surface area contributed by atoms with Gasteiger partial charge in [0, 0.05) is 32.7 Å². The summed E-state index contributed by atoms with van der Waals surface area (Å²) in [5.41, 5.74) is 1.11. The van der Waals surface area contributed by atoms with Gasteiger partial charge < -0.3 is 20.3 Å². The summed E-state index contributed by atoms with van der Waals surface area (Å²) in [4.78, 5) is 18.7. The molecule has 2 aliphatic rings. The molecule has 1 saturated carbocycles. The van der Waals surface area contributed by atoms with Crippen molar-refractivity contribution in [2.75, 3.05) is 26.7 Å². The molecule has 1 aromatic carbocycles. The van der Waals surface area contributed by atoms with E-state index in [0.29, 0.717) is 12.6 Å². The number of rotatable bonds is 9. The minimum absolute atomic E-state index is 0.0440. The van der Waals surface area contributed by atoms with Gasteiger partial charge in [-0.3, -0.25) is 9.79 Å². The van der Waals surface area contributed by atoms with E-state index in [0.717, 1.165) is 55.0 Å². The van der Waals surface area contributed by atoms with Crippen LogP contribution in [0.2, 0.25) is 0 Å². The Morgan fingerprint density at radius 2 is 2.07 bits per heavy atom. The summed E-state index contributed by atoms with van der Waals surface area (Å²) in [6, 6.07) is 8.27. The lowest BCUT2D eigenvalue weighted by Crippen LogP contribution is -2.40. The molecule has 0 spiro atoms. The zero-order chi connectivity index (χ0) is 20.6. The van der Waals surface area contributed by atoms with Crippen molar-refractivity contribution in [3.8, 4) is 5.75 Å². The highest BCUT2D eigenvalue weighted by Crippen LogP contribution is 2.28. The number of likely N-dealkylation sites (tertiary alicyclic amines) is 1. The first-order chi connectivity index (χ1) is 14.1. The monoisotopic (exact) mass is 400 g/mol. The second-order valence-electron chi connectivity index (χ2n) is 8.25. The zero-order valence-corrected chi connectivity index (χ0v) is 18.1. The Bertz CT molecular complexity index is 698. The van der Waals surface area contributed by atoms with Crippen LogP contribution >= 0.6 is 0 Å². The molecule has 1 unspecified atom stereocenters. The molecule has 2 N–H and O–H groups in total. The first kappa shape index (κ1) is 21.5. The third-order valence-corrected chi connectivity index (χ3v) is 6.11. The molecule has 3 rings (SSSR count). The molecule has 1 heterocycles. The van der Waals surface area contributed by atoms with Crippen LogP contribution in [0.5, 0.6) is 5.75 Å². The standard InChI is InChI=1S/C23H36N4O2/c1-4-18(5-2)19-11-12-27(15-19)23(24-3)25-14-17-7-6-8-21(13-17)29-16-22(28)26-20-9-10-20/h6-8,13,18-20H,4-5,9-12,14-16H2,1-3H3,(H,24,25)(H,26,28). The van der Waals surface area contributed by atoms with Gasteiger partial charge in [-0.15, -0.1) is 0 Å². The Morgan fingerprint density at radius 3 is 2.76 bits per heavy atom. The molecule has 1 aliphatic heterocycles. The zero-order valence-electron chi connectivity index (χ0n) is 18.1. The van der Waals surface area contributed by atoms with Gasteiger partial charge in [-0.1, -0.05) is 38.8 Å². The number of nitrogens with zero attached hydrogens (tertiary/aromatic N) is 2. The average Bonchev–Trinajstić information content (AvgIpc) is 3.42. The summed E-state index contributed by atoms with van der Waals surface area (Å²) in [7, 11) is 1.85. The third-order valence-electron chi connectivity index (χ3n) is 6.11. The normalized spacial score (nSPS) is 19.5. The van der Waals surface area contributed by atoms with Crippen LogP contribution in [0.1, 0.15) is 51.5 Å². The number of aliphatic imine (C=N–C) groups is 1. The fourth-order valence-corrected chi connectivity index (χ4v) is 4.22. The quantitative estimate of drug-likeness (QED) is 0.494. The lowest BCUT2D eigenvalue weighted by atomic mass is 9.87. The van der Waals surface area contributed by atoms with Crippen molar-refractivity contribution in [3.63, 3.8) is 0 Å². The van der Waals surface area contributed by atoms with Crippen LogP contribution in [0.3, 0.4) is 0 Å². The van der Waals surface area contributed by atoms with Crippen LogP contribution in [-0.2, 0) is 11.3 Å². The minimum atomic E-state index is -0.0440. The summed E-state index contributed by atoms with van der Waals surface area (Å²) in [6.45, 7) is 7.51. The van der Waals surface area contributed by atoms with Gasteiger partial charge in [0.05, 0.1) is 0 Å². The number of nitrogens with one attached hydrogen (secondary N) is 2. The van der Waals surface area contributed by atoms with Crippen LogP contribution in [-0.4, -0.2) is 49.6 Å². The maximum atomic E-state index is 11.8. The van der Waals surface area contributed by atoms with Crippen molar-refractivity contribution in [1.29, 1.82) is 0 Å². The SMILES string of the molecule is CCC(CC)C1CCN(C(=NC)NCc2cccc(OCC(=O)NC3CC3)c2)C1. The summed E-state index contributed by atoms with van der Waals surface area (Å²) in [5, 5.41) is 6.43. The van der Waals surface area contributed by atoms with Gasteiger partial charge in [0.25, 0.3) is 5.91 Å². The Kier molecular flexibility index (Phi) is 7.78. The van der Waals surface area contributed by atoms with Crippen LogP contribution in [0.4, 0.5) is 0 Å². The molecular weight excluding hydrogens is 364 g/mol. The van der Waals surface area contributed by atoms with Gasteiger partial charge in [0.2, 0.25) is 0 Å². The van der Waals surface area contributed by atoms with Gasteiger partial charge in [0.1, 0.15) is 5.75 Å². The predicted octanol–water partition coefficient (Wildman–Crippen LogP) is 3.18. The van der Waals surface area contributed by atoms with Crippen molar-refractivity contribution < 1.29 is 9.53 Å². The Morgan fingerprint density at radius 1 is 1.28 bits per heavy atom. The van der Waals surface area contributed by atoms with E-state index < -0.39 is 0 Å². The highest BCUT2D eigenvalue weighted by Gasteiger charge is 2.29. The van der Waals surface area contributed by atoms with Crippen LogP contribution in [0, 0.1) is 11.8 Å². The molecule has 1 saturated heterocycles. The van der Waals surface area contributed by atoms with E-state index in [1.165, 1.54) is 19.3 Å². The number of carbonyl (C=O) groups is 1. The van der Waals surface area contributed by atoms with E-state index in [4.69, 9.17) is 4.74 Å². The predicted molar refractivity (Wildman–Crippen MR) is 117 cm³/mol. The smallest absolute Gasteiger partial charge is 0.258 e. The molecule has 0 bridgehead atoms. The van der Waals surface area contributed by atoms with Gasteiger partial charge in [-0.05, 0) is 48.8 Å². The Hall–Kier alpha value is -2.24. The molecule has 0 radical (unpaired) electrons. The maximum Gasteiger partial charge on any atom is 0.258 e. The van der Waals surface area contributed by atoms with Crippen LogP contribution in [0.15, 0.2) is 29.3 Å². The van der Waals surface area contributed by atoms with Gasteiger partial charge in [0.15, 0.2) is 12.6 Å². The van der Waals surface area contributed by atoms with Crippen molar-refractivity contribution >= 4 is 11.9 Å². The topological polar surface area (TPSA) is 66.0 Å². The molecule has 1 aliphatic carbocycles. The highest BCUT2D eigenvalue weighted by atomic mass is 16.5. The molecule has 0 aromatic heterocycles. The molecule has 6 nitrogen and oxygen atoms in total. The van der Waals surface area contributed by atoms with Crippen molar-refractivity contribution in [2.24, 2.45) is 16.8 Å². The van der Waals surface area contributed by atoms with E-state index in [-0.39, 0.29) is 12.5 Å². The third kappa shape index (κ3) is 6.38. The molecule has 2 fully saturated rings. The number of guanidine groups is 1. The van der Waals surface area contributed by atoms with Gasteiger partial charge in [-0.2, -0.15) is 0 Å². The summed E-state index contributed by atoms with van der Waals surface area (Å²) >= 11 is 0. The largest absolute Gasteiger partial charge is 0.484 e. The number of hydrogen-bond acceptors (Lipinski definition) is 3. The van der Waals surface area contributed by atoms with Gasteiger partial charge in [-0.25, -0.2) is 0 Å². The molecule has 1 aromatic rings. The average molecular weight is 401 g/mol. The number of ether oxygens (including phenoxy) is 1. The molecule has 1 amide bonds. The fourth-order valence-electron chi connectivity index (χ4n) is 4.22. The first-order valence-corrected chi connectivity index (χ1v) is 11.1. The Balaban J connectivity index is 1.47. The van der Waals surface area contributed by atoms with Crippen molar-refractivity contribution in [2.45, 2.75) is 58.5 Å². The number of carbonyl (C=O) groups excluding carboxylic acids is 1. The number of hydrogen-bond donors (Lipinski definition) is 2. The molecule has 6 heteroatoms. The van der Waals surface area contributed by atoms with E-state index in [2.05, 4.69) is 40.4 Å². The second-order valence-corrected chi connectivity index (χ2v) is 8.25. The molecular formula is C23H36N4O2.